The highest BCUT2D eigenvalue weighted by molar-refractivity contribution is 5.53. The summed E-state index contributed by atoms with van der Waals surface area (Å²) in [6.07, 6.45) is 6.76. The molecule has 0 spiro atoms. The first kappa shape index (κ1) is 17.2. The summed E-state index contributed by atoms with van der Waals surface area (Å²) in [6, 6.07) is 3.88. The van der Waals surface area contributed by atoms with Crippen molar-refractivity contribution in [2.75, 3.05) is 36.5 Å². The third-order valence-electron chi connectivity index (χ3n) is 5.65. The van der Waals surface area contributed by atoms with Gasteiger partial charge in [-0.25, -0.2) is 4.98 Å². The number of halogens is 1. The van der Waals surface area contributed by atoms with E-state index in [1.807, 2.05) is 11.0 Å². The third kappa shape index (κ3) is 3.51. The normalized spacial score (nSPS) is 23.7. The fourth-order valence-corrected chi connectivity index (χ4v) is 4.09. The average molecular weight is 359 g/mol. The molecule has 140 valence electrons. The first-order chi connectivity index (χ1) is 12.8. The van der Waals surface area contributed by atoms with Crippen LogP contribution in [0.4, 0.5) is 22.0 Å². The highest BCUT2D eigenvalue weighted by atomic mass is 19.1. The van der Waals surface area contributed by atoms with Gasteiger partial charge < -0.3 is 16.0 Å². The van der Waals surface area contributed by atoms with Gasteiger partial charge in [-0.3, -0.25) is 9.49 Å². The lowest BCUT2D eigenvalue weighted by molar-refractivity contribution is 0.319. The van der Waals surface area contributed by atoms with Crippen molar-refractivity contribution in [1.82, 2.24) is 20.2 Å². The van der Waals surface area contributed by atoms with Gasteiger partial charge in [-0.1, -0.05) is 12.8 Å². The van der Waals surface area contributed by atoms with Crippen LogP contribution in [0.3, 0.4) is 0 Å². The summed E-state index contributed by atoms with van der Waals surface area (Å²) < 4.78 is 13.2. The smallest absolute Gasteiger partial charge is 0.227 e. The number of nitrogens with two attached hydrogens (primary N) is 1. The Kier molecular flexibility index (Phi) is 5.01. The highest BCUT2D eigenvalue weighted by Gasteiger charge is 2.33. The number of anilines is 3. The van der Waals surface area contributed by atoms with Gasteiger partial charge in [-0.05, 0) is 31.4 Å². The average Bonchev–Trinajstić information content (AvgIpc) is 3.41. The molecule has 0 radical (unpaired) electrons. The Morgan fingerprint density at radius 2 is 2.04 bits per heavy atom. The zero-order valence-corrected chi connectivity index (χ0v) is 14.9. The van der Waals surface area contributed by atoms with Crippen molar-refractivity contribution in [3.05, 3.63) is 24.0 Å². The summed E-state index contributed by atoms with van der Waals surface area (Å²) in [6.45, 7) is 1.44. The van der Waals surface area contributed by atoms with Gasteiger partial charge >= 0.3 is 0 Å². The van der Waals surface area contributed by atoms with Gasteiger partial charge in [-0.2, -0.15) is 10.1 Å². The second kappa shape index (κ2) is 7.57. The van der Waals surface area contributed by atoms with E-state index in [9.17, 15) is 4.39 Å². The Morgan fingerprint density at radius 1 is 1.23 bits per heavy atom. The van der Waals surface area contributed by atoms with E-state index in [2.05, 4.69) is 31.5 Å². The van der Waals surface area contributed by atoms with E-state index < -0.39 is 0 Å². The number of nitrogens with zero attached hydrogens (tertiary/aromatic N) is 4. The number of aromatic nitrogens is 4. The minimum Gasteiger partial charge on any atom is -0.340 e. The van der Waals surface area contributed by atoms with Crippen LogP contribution in [0.15, 0.2) is 18.3 Å². The van der Waals surface area contributed by atoms with Gasteiger partial charge in [0.05, 0.1) is 6.67 Å². The molecule has 0 aromatic carbocycles. The second-order valence-corrected chi connectivity index (χ2v) is 7.37. The van der Waals surface area contributed by atoms with Gasteiger partial charge in [-0.15, -0.1) is 0 Å². The second-order valence-electron chi connectivity index (χ2n) is 7.37. The van der Waals surface area contributed by atoms with Crippen LogP contribution in [-0.4, -0.2) is 46.5 Å². The lowest BCUT2D eigenvalue weighted by Crippen LogP contribution is -2.24. The molecule has 26 heavy (non-hydrogen) atoms. The fourth-order valence-electron chi connectivity index (χ4n) is 4.09. The molecule has 3 heterocycles. The molecule has 1 aliphatic heterocycles. The number of hydrogen-bond donors (Lipinski definition) is 3. The predicted octanol–water partition coefficient (Wildman–Crippen LogP) is 2.58. The summed E-state index contributed by atoms with van der Waals surface area (Å²) in [7, 11) is 0. The molecule has 1 aliphatic carbocycles. The van der Waals surface area contributed by atoms with Crippen LogP contribution >= 0.6 is 0 Å². The number of nitrogens with one attached hydrogen (secondary N) is 2. The monoisotopic (exact) mass is 359 g/mol. The zero-order chi connectivity index (χ0) is 17.9. The number of aromatic amines is 1. The molecule has 2 fully saturated rings. The first-order valence-electron chi connectivity index (χ1n) is 9.43. The van der Waals surface area contributed by atoms with E-state index in [1.165, 1.54) is 31.4 Å². The molecule has 2 unspecified atom stereocenters. The minimum atomic E-state index is -0.354. The van der Waals surface area contributed by atoms with Crippen LogP contribution in [0.25, 0.3) is 0 Å². The minimum absolute atomic E-state index is 0.0412. The van der Waals surface area contributed by atoms with Crippen LogP contribution in [-0.2, 0) is 0 Å². The Bertz CT molecular complexity index is 716. The predicted molar refractivity (Wildman–Crippen MR) is 99.3 cm³/mol. The zero-order valence-electron chi connectivity index (χ0n) is 14.9. The van der Waals surface area contributed by atoms with Gasteiger partial charge in [0.15, 0.2) is 5.82 Å². The van der Waals surface area contributed by atoms with E-state index in [0.717, 1.165) is 5.82 Å². The summed E-state index contributed by atoms with van der Waals surface area (Å²) in [5.74, 6) is 2.76. The van der Waals surface area contributed by atoms with Crippen molar-refractivity contribution in [2.24, 2.45) is 17.6 Å². The van der Waals surface area contributed by atoms with Crippen molar-refractivity contribution in [2.45, 2.75) is 31.6 Å². The van der Waals surface area contributed by atoms with Crippen LogP contribution in [0.5, 0.6) is 0 Å². The lowest BCUT2D eigenvalue weighted by Gasteiger charge is -2.16. The van der Waals surface area contributed by atoms with Crippen LogP contribution in [0, 0.1) is 11.8 Å². The van der Waals surface area contributed by atoms with Crippen molar-refractivity contribution in [3.63, 3.8) is 0 Å². The molecule has 7 nitrogen and oxygen atoms in total. The largest absolute Gasteiger partial charge is 0.340 e. The van der Waals surface area contributed by atoms with E-state index >= 15 is 0 Å². The first-order valence-corrected chi connectivity index (χ1v) is 9.43. The summed E-state index contributed by atoms with van der Waals surface area (Å²) in [5, 5.41) is 10.7. The van der Waals surface area contributed by atoms with Crippen molar-refractivity contribution < 1.29 is 4.39 Å². The van der Waals surface area contributed by atoms with Gasteiger partial charge in [0.25, 0.3) is 0 Å². The van der Waals surface area contributed by atoms with Crippen molar-refractivity contribution in [1.29, 1.82) is 0 Å². The Hall–Kier alpha value is -2.22. The molecule has 1 saturated heterocycles. The highest BCUT2D eigenvalue weighted by Crippen LogP contribution is 2.34. The molecular weight excluding hydrogens is 333 g/mol. The van der Waals surface area contributed by atoms with E-state index in [4.69, 9.17) is 5.73 Å². The van der Waals surface area contributed by atoms with E-state index in [-0.39, 0.29) is 18.5 Å². The van der Waals surface area contributed by atoms with Crippen LogP contribution < -0.4 is 16.0 Å². The summed E-state index contributed by atoms with van der Waals surface area (Å²) in [5.41, 5.74) is 6.96. The molecule has 1 saturated carbocycles. The SMILES string of the molecule is NCC1CN(c2nccc(Nc3cc(C4CCCC4)[nH]n3)n2)CC1CF. The Morgan fingerprint density at radius 3 is 2.77 bits per heavy atom. The number of hydrogen-bond acceptors (Lipinski definition) is 6. The Balaban J connectivity index is 1.45. The molecule has 4 rings (SSSR count). The molecule has 2 aliphatic rings. The lowest BCUT2D eigenvalue weighted by atomic mass is 9.98. The number of H-pyrrole nitrogens is 1. The van der Waals surface area contributed by atoms with Crippen LogP contribution in [0.2, 0.25) is 0 Å². The number of rotatable bonds is 6. The molecule has 2 aromatic heterocycles. The molecule has 8 heteroatoms. The van der Waals surface area contributed by atoms with Gasteiger partial charge in [0.2, 0.25) is 5.95 Å². The quantitative estimate of drug-likeness (QED) is 0.734. The van der Waals surface area contributed by atoms with Crippen molar-refractivity contribution in [3.8, 4) is 0 Å². The molecular formula is C18H26FN7. The topological polar surface area (TPSA) is 95.8 Å². The summed E-state index contributed by atoms with van der Waals surface area (Å²) >= 11 is 0. The number of alkyl halides is 1. The molecule has 2 aromatic rings. The van der Waals surface area contributed by atoms with Gasteiger partial charge in [0, 0.05) is 42.9 Å². The maximum Gasteiger partial charge on any atom is 0.227 e. The molecule has 2 atom stereocenters. The standard InChI is InChI=1S/C18H26FN7/c19-8-13-10-26(11-14(13)9-20)18-21-6-5-16(23-18)22-17-7-15(24-25-17)12-3-1-2-4-12/h5-7,12-14H,1-4,8-11,20H2,(H2,21,22,23,24,25). The van der Waals surface area contributed by atoms with Gasteiger partial charge in [0.1, 0.15) is 5.82 Å². The van der Waals surface area contributed by atoms with E-state index in [0.29, 0.717) is 37.3 Å². The summed E-state index contributed by atoms with van der Waals surface area (Å²) in [4.78, 5) is 10.9. The molecule has 0 bridgehead atoms. The van der Waals surface area contributed by atoms with Crippen LogP contribution in [0.1, 0.15) is 37.3 Å². The Labute approximate surface area is 152 Å². The third-order valence-corrected chi connectivity index (χ3v) is 5.65. The maximum absolute atomic E-state index is 13.2. The fraction of sp³-hybridized carbons (Fsp3) is 0.611. The molecule has 0 amide bonds. The maximum atomic E-state index is 13.2. The molecule has 4 N–H and O–H groups in total. The van der Waals surface area contributed by atoms with Crippen molar-refractivity contribution >= 4 is 17.6 Å². The van der Waals surface area contributed by atoms with E-state index in [1.54, 1.807) is 6.20 Å².